The van der Waals surface area contributed by atoms with Crippen LogP contribution in [-0.2, 0) is 6.42 Å². The van der Waals surface area contributed by atoms with Gasteiger partial charge in [0.2, 0.25) is 0 Å². The van der Waals surface area contributed by atoms with Gasteiger partial charge in [0.05, 0.1) is 32.9 Å². The van der Waals surface area contributed by atoms with Crippen molar-refractivity contribution in [3.8, 4) is 5.75 Å². The summed E-state index contributed by atoms with van der Waals surface area (Å²) >= 11 is 21.5. The molecule has 1 amide bonds. The topological polar surface area (TPSA) is 38.3 Å². The average Bonchev–Trinajstić information content (AvgIpc) is 2.68. The molecule has 28 heavy (non-hydrogen) atoms. The molecule has 3 aromatic carbocycles. The van der Waals surface area contributed by atoms with E-state index < -0.39 is 0 Å². The highest BCUT2D eigenvalue weighted by molar-refractivity contribution is 9.10. The Morgan fingerprint density at radius 2 is 1.64 bits per heavy atom. The van der Waals surface area contributed by atoms with Gasteiger partial charge in [0.1, 0.15) is 5.75 Å². The van der Waals surface area contributed by atoms with Crippen molar-refractivity contribution in [1.29, 1.82) is 0 Å². The normalized spacial score (nSPS) is 10.6. The zero-order valence-corrected chi connectivity index (χ0v) is 18.4. The van der Waals surface area contributed by atoms with Crippen molar-refractivity contribution < 1.29 is 9.53 Å². The first-order chi connectivity index (χ1) is 13.4. The summed E-state index contributed by atoms with van der Waals surface area (Å²) in [7, 11) is 0. The number of nitrogens with one attached hydrogen (secondary N) is 1. The molecule has 3 nitrogen and oxygen atoms in total. The van der Waals surface area contributed by atoms with Crippen LogP contribution in [0.15, 0.2) is 65.1 Å². The maximum atomic E-state index is 12.8. The predicted molar refractivity (Wildman–Crippen MR) is 119 cm³/mol. The van der Waals surface area contributed by atoms with Gasteiger partial charge in [-0.25, -0.2) is 0 Å². The molecule has 1 N–H and O–H groups in total. The SMILES string of the molecule is O=C(Nc1cc(Cl)c(Cl)cc1Cl)c1cc(Br)ccc1OCCc1ccccc1. The molecule has 144 valence electrons. The third kappa shape index (κ3) is 5.42. The smallest absolute Gasteiger partial charge is 0.259 e. The standard InChI is InChI=1S/C21H15BrCl3NO2/c22-14-6-7-20(28-9-8-13-4-2-1-3-5-13)15(10-14)21(27)26-19-12-17(24)16(23)11-18(19)25/h1-7,10-12H,8-9H2,(H,26,27). The van der Waals surface area contributed by atoms with E-state index in [1.807, 2.05) is 36.4 Å². The van der Waals surface area contributed by atoms with Gasteiger partial charge in [0.25, 0.3) is 5.91 Å². The highest BCUT2D eigenvalue weighted by atomic mass is 79.9. The minimum absolute atomic E-state index is 0.296. The maximum absolute atomic E-state index is 12.8. The fraction of sp³-hybridized carbons (Fsp3) is 0.0952. The maximum Gasteiger partial charge on any atom is 0.259 e. The van der Waals surface area contributed by atoms with Gasteiger partial charge >= 0.3 is 0 Å². The van der Waals surface area contributed by atoms with Crippen molar-refractivity contribution in [2.45, 2.75) is 6.42 Å². The second-order valence-corrected chi connectivity index (χ2v) is 8.06. The monoisotopic (exact) mass is 497 g/mol. The Hall–Kier alpha value is -1.72. The van der Waals surface area contributed by atoms with Crippen molar-refractivity contribution in [2.24, 2.45) is 0 Å². The van der Waals surface area contributed by atoms with Crippen LogP contribution in [0.4, 0.5) is 5.69 Å². The Morgan fingerprint density at radius 1 is 0.929 bits per heavy atom. The largest absolute Gasteiger partial charge is 0.492 e. The van der Waals surface area contributed by atoms with E-state index in [1.54, 1.807) is 12.1 Å². The Labute approximate surface area is 186 Å². The number of hydrogen-bond donors (Lipinski definition) is 1. The number of rotatable bonds is 6. The lowest BCUT2D eigenvalue weighted by Crippen LogP contribution is -2.15. The van der Waals surface area contributed by atoms with Gasteiger partial charge in [-0.05, 0) is 35.9 Å². The minimum Gasteiger partial charge on any atom is -0.492 e. The van der Waals surface area contributed by atoms with Crippen LogP contribution in [0.5, 0.6) is 5.75 Å². The lowest BCUT2D eigenvalue weighted by molar-refractivity contribution is 0.102. The molecule has 3 rings (SSSR count). The summed E-state index contributed by atoms with van der Waals surface area (Å²) in [6.45, 7) is 0.444. The van der Waals surface area contributed by atoms with Crippen LogP contribution in [0.1, 0.15) is 15.9 Å². The summed E-state index contributed by atoms with van der Waals surface area (Å²) in [6.07, 6.45) is 0.733. The second-order valence-electron chi connectivity index (χ2n) is 5.92. The summed E-state index contributed by atoms with van der Waals surface area (Å²) in [6, 6.07) is 18.3. The molecule has 0 saturated carbocycles. The number of benzene rings is 3. The molecule has 0 unspecified atom stereocenters. The summed E-state index contributed by atoms with van der Waals surface area (Å²) in [5.41, 5.74) is 1.91. The quantitative estimate of drug-likeness (QED) is 0.362. The number of amides is 1. The van der Waals surface area contributed by atoms with Crippen LogP contribution in [0.25, 0.3) is 0 Å². The Morgan fingerprint density at radius 3 is 2.39 bits per heavy atom. The molecule has 0 atom stereocenters. The lowest BCUT2D eigenvalue weighted by atomic mass is 10.1. The van der Waals surface area contributed by atoms with E-state index in [0.717, 1.165) is 16.5 Å². The van der Waals surface area contributed by atoms with Gasteiger partial charge in [-0.15, -0.1) is 0 Å². The number of carbonyl (C=O) groups is 1. The molecule has 0 aromatic heterocycles. The number of ether oxygens (including phenoxy) is 1. The number of halogens is 4. The molecule has 0 heterocycles. The molecule has 0 fully saturated rings. The van der Waals surface area contributed by atoms with E-state index in [4.69, 9.17) is 39.5 Å². The van der Waals surface area contributed by atoms with Gasteiger partial charge < -0.3 is 10.1 Å². The van der Waals surface area contributed by atoms with Crippen LogP contribution in [0.2, 0.25) is 15.1 Å². The van der Waals surface area contributed by atoms with Crippen LogP contribution >= 0.6 is 50.7 Å². The summed E-state index contributed by atoms with van der Waals surface area (Å²) in [5.74, 6) is 0.115. The Kier molecular flexibility index (Phi) is 7.24. The molecule has 0 bridgehead atoms. The predicted octanol–water partition coefficient (Wildman–Crippen LogP) is 7.28. The van der Waals surface area contributed by atoms with Crippen molar-refractivity contribution in [2.75, 3.05) is 11.9 Å². The van der Waals surface area contributed by atoms with Gasteiger partial charge in [-0.1, -0.05) is 81.1 Å². The van der Waals surface area contributed by atoms with Crippen molar-refractivity contribution in [3.05, 3.63) is 91.3 Å². The fourth-order valence-electron chi connectivity index (χ4n) is 2.54. The molecule has 0 aliphatic heterocycles. The molecular formula is C21H15BrCl3NO2. The van der Waals surface area contributed by atoms with Crippen molar-refractivity contribution in [3.63, 3.8) is 0 Å². The fourth-order valence-corrected chi connectivity index (χ4v) is 3.49. The highest BCUT2D eigenvalue weighted by Gasteiger charge is 2.16. The molecule has 0 saturated heterocycles. The van der Waals surface area contributed by atoms with Gasteiger partial charge in [0.15, 0.2) is 0 Å². The van der Waals surface area contributed by atoms with E-state index in [0.29, 0.717) is 38.7 Å². The molecular weight excluding hydrogens is 484 g/mol. The first-order valence-electron chi connectivity index (χ1n) is 8.36. The number of anilines is 1. The van der Waals surface area contributed by atoms with Gasteiger partial charge in [-0.3, -0.25) is 4.79 Å². The van der Waals surface area contributed by atoms with Crippen molar-refractivity contribution in [1.82, 2.24) is 0 Å². The summed E-state index contributed by atoms with van der Waals surface area (Å²) < 4.78 is 6.62. The summed E-state index contributed by atoms with van der Waals surface area (Å²) in [4.78, 5) is 12.8. The zero-order valence-electron chi connectivity index (χ0n) is 14.5. The van der Waals surface area contributed by atoms with Gasteiger partial charge in [-0.2, -0.15) is 0 Å². The number of hydrogen-bond acceptors (Lipinski definition) is 2. The average molecular weight is 500 g/mol. The molecule has 7 heteroatoms. The van der Waals surface area contributed by atoms with Crippen LogP contribution in [-0.4, -0.2) is 12.5 Å². The summed E-state index contributed by atoms with van der Waals surface area (Å²) in [5, 5.41) is 3.67. The van der Waals surface area contributed by atoms with Crippen LogP contribution in [0, 0.1) is 0 Å². The van der Waals surface area contributed by atoms with E-state index in [2.05, 4.69) is 21.2 Å². The zero-order chi connectivity index (χ0) is 20.1. The van der Waals surface area contributed by atoms with Crippen molar-refractivity contribution >= 4 is 62.3 Å². The van der Waals surface area contributed by atoms with E-state index in [-0.39, 0.29) is 5.91 Å². The second kappa shape index (κ2) is 9.66. The molecule has 0 radical (unpaired) electrons. The van der Waals surface area contributed by atoms with E-state index in [9.17, 15) is 4.79 Å². The Balaban J connectivity index is 1.76. The van der Waals surface area contributed by atoms with Crippen LogP contribution < -0.4 is 10.1 Å². The third-order valence-corrected chi connectivity index (χ3v) is 5.46. The van der Waals surface area contributed by atoms with Crippen LogP contribution in [0.3, 0.4) is 0 Å². The third-order valence-electron chi connectivity index (χ3n) is 3.94. The molecule has 0 aliphatic carbocycles. The highest BCUT2D eigenvalue weighted by Crippen LogP contribution is 2.33. The first-order valence-corrected chi connectivity index (χ1v) is 10.3. The molecule has 0 spiro atoms. The van der Waals surface area contributed by atoms with E-state index >= 15 is 0 Å². The Bertz CT molecular complexity index is 996. The number of carbonyl (C=O) groups excluding carboxylic acids is 1. The molecule has 0 aliphatic rings. The first kappa shape index (κ1) is 21.0. The van der Waals surface area contributed by atoms with Gasteiger partial charge in [0, 0.05) is 10.9 Å². The van der Waals surface area contributed by atoms with E-state index in [1.165, 1.54) is 12.1 Å². The molecule has 3 aromatic rings. The lowest BCUT2D eigenvalue weighted by Gasteiger charge is -2.13. The minimum atomic E-state index is -0.365.